The number of unbranched alkanes of at least 4 members (excludes halogenated alkanes) is 1. The van der Waals surface area contributed by atoms with Crippen LogP contribution in [0.1, 0.15) is 19.8 Å². The summed E-state index contributed by atoms with van der Waals surface area (Å²) in [6.07, 6.45) is 2.22. The highest BCUT2D eigenvalue weighted by molar-refractivity contribution is 5.58. The molecule has 0 bridgehead atoms. The molecule has 1 aromatic heterocycles. The molecule has 19 heavy (non-hydrogen) atoms. The number of nitrogen functional groups attached to an aromatic ring is 1. The zero-order chi connectivity index (χ0) is 13.5. The smallest absolute Gasteiger partial charge is 0.182 e. The first-order valence-electron chi connectivity index (χ1n) is 6.51. The zero-order valence-corrected chi connectivity index (χ0v) is 11.1. The predicted molar refractivity (Wildman–Crippen MR) is 73.4 cm³/mol. The number of anilines is 1. The van der Waals surface area contributed by atoms with E-state index in [0.717, 1.165) is 36.5 Å². The van der Waals surface area contributed by atoms with Crippen LogP contribution in [-0.4, -0.2) is 33.4 Å². The van der Waals surface area contributed by atoms with Crippen LogP contribution in [-0.2, 0) is 11.3 Å². The van der Waals surface area contributed by atoms with E-state index in [2.05, 4.69) is 22.4 Å². The van der Waals surface area contributed by atoms with Crippen LogP contribution in [0.4, 0.5) is 5.69 Å². The van der Waals surface area contributed by atoms with Gasteiger partial charge in [0.15, 0.2) is 5.82 Å². The fourth-order valence-electron chi connectivity index (χ4n) is 1.69. The molecule has 0 unspecified atom stereocenters. The highest BCUT2D eigenvalue weighted by atomic mass is 16.5. The number of rotatable bonds is 7. The van der Waals surface area contributed by atoms with Gasteiger partial charge >= 0.3 is 0 Å². The summed E-state index contributed by atoms with van der Waals surface area (Å²) >= 11 is 0. The van der Waals surface area contributed by atoms with Crippen molar-refractivity contribution in [2.75, 3.05) is 18.9 Å². The van der Waals surface area contributed by atoms with Gasteiger partial charge in [0.2, 0.25) is 0 Å². The minimum absolute atomic E-state index is 0.618. The second-order valence-electron chi connectivity index (χ2n) is 4.31. The fraction of sp³-hybridized carbons (Fsp3) is 0.462. The summed E-state index contributed by atoms with van der Waals surface area (Å²) in [4.78, 5) is 0. The van der Waals surface area contributed by atoms with Crippen molar-refractivity contribution in [2.24, 2.45) is 0 Å². The van der Waals surface area contributed by atoms with E-state index in [0.29, 0.717) is 13.2 Å². The number of hydrogen-bond donors (Lipinski definition) is 1. The van der Waals surface area contributed by atoms with E-state index in [-0.39, 0.29) is 0 Å². The second-order valence-corrected chi connectivity index (χ2v) is 4.31. The normalized spacial score (nSPS) is 10.8. The van der Waals surface area contributed by atoms with Crippen molar-refractivity contribution in [3.8, 4) is 11.4 Å². The van der Waals surface area contributed by atoms with E-state index in [1.165, 1.54) is 0 Å². The highest BCUT2D eigenvalue weighted by Crippen LogP contribution is 2.16. The molecular weight excluding hydrogens is 242 g/mol. The Bertz CT molecular complexity index is 494. The van der Waals surface area contributed by atoms with Crippen LogP contribution in [0.5, 0.6) is 0 Å². The van der Waals surface area contributed by atoms with Gasteiger partial charge in [0.05, 0.1) is 13.2 Å². The Hall–Kier alpha value is -1.95. The van der Waals surface area contributed by atoms with Crippen molar-refractivity contribution >= 4 is 5.69 Å². The zero-order valence-electron chi connectivity index (χ0n) is 11.1. The summed E-state index contributed by atoms with van der Waals surface area (Å²) < 4.78 is 7.27. The Morgan fingerprint density at radius 2 is 2.00 bits per heavy atom. The number of nitrogens with two attached hydrogens (primary N) is 1. The predicted octanol–water partition coefficient (Wildman–Crippen LogP) is 1.74. The lowest BCUT2D eigenvalue weighted by molar-refractivity contribution is 0.121. The van der Waals surface area contributed by atoms with Crippen molar-refractivity contribution in [1.29, 1.82) is 0 Å². The third kappa shape index (κ3) is 3.75. The average Bonchev–Trinajstić information content (AvgIpc) is 2.88. The van der Waals surface area contributed by atoms with Gasteiger partial charge in [0.25, 0.3) is 0 Å². The SMILES string of the molecule is CCCCOCCn1nnnc1-c1ccc(N)cc1. The van der Waals surface area contributed by atoms with E-state index in [9.17, 15) is 0 Å². The molecule has 0 atom stereocenters. The van der Waals surface area contributed by atoms with Gasteiger partial charge in [0, 0.05) is 17.9 Å². The van der Waals surface area contributed by atoms with E-state index in [1.807, 2.05) is 24.3 Å². The molecule has 0 aliphatic carbocycles. The summed E-state index contributed by atoms with van der Waals surface area (Å²) in [5, 5.41) is 11.7. The third-order valence-corrected chi connectivity index (χ3v) is 2.79. The monoisotopic (exact) mass is 261 g/mol. The minimum atomic E-state index is 0.618. The van der Waals surface area contributed by atoms with Gasteiger partial charge in [-0.2, -0.15) is 0 Å². The molecule has 2 aromatic rings. The molecule has 0 amide bonds. The number of hydrogen-bond acceptors (Lipinski definition) is 5. The number of nitrogens with zero attached hydrogens (tertiary/aromatic N) is 4. The summed E-state index contributed by atoms with van der Waals surface area (Å²) in [5.74, 6) is 0.735. The first kappa shape index (κ1) is 13.5. The molecule has 0 radical (unpaired) electrons. The quantitative estimate of drug-likeness (QED) is 0.606. The van der Waals surface area contributed by atoms with Crippen LogP contribution in [0, 0.1) is 0 Å². The standard InChI is InChI=1S/C13H19N5O/c1-2-3-9-19-10-8-18-13(15-16-17-18)11-4-6-12(14)7-5-11/h4-7H,2-3,8-10,14H2,1H3. The lowest BCUT2D eigenvalue weighted by Gasteiger charge is -2.06. The summed E-state index contributed by atoms with van der Waals surface area (Å²) in [6.45, 7) is 4.20. The maximum atomic E-state index is 5.67. The number of tetrazole rings is 1. The fourth-order valence-corrected chi connectivity index (χ4v) is 1.69. The molecule has 2 rings (SSSR count). The highest BCUT2D eigenvalue weighted by Gasteiger charge is 2.08. The summed E-state index contributed by atoms with van der Waals surface area (Å²) in [5.41, 5.74) is 7.35. The van der Waals surface area contributed by atoms with E-state index >= 15 is 0 Å². The van der Waals surface area contributed by atoms with Crippen molar-refractivity contribution in [2.45, 2.75) is 26.3 Å². The van der Waals surface area contributed by atoms with Crippen molar-refractivity contribution < 1.29 is 4.74 Å². The van der Waals surface area contributed by atoms with Crippen LogP contribution in [0.3, 0.4) is 0 Å². The molecule has 0 saturated heterocycles. The molecule has 0 aliphatic rings. The van der Waals surface area contributed by atoms with E-state index in [1.54, 1.807) is 4.68 Å². The topological polar surface area (TPSA) is 78.8 Å². The van der Waals surface area contributed by atoms with Gasteiger partial charge in [-0.1, -0.05) is 13.3 Å². The number of aromatic nitrogens is 4. The number of benzene rings is 1. The summed E-state index contributed by atoms with van der Waals surface area (Å²) in [6, 6.07) is 7.50. The van der Waals surface area contributed by atoms with Crippen LogP contribution in [0.2, 0.25) is 0 Å². The van der Waals surface area contributed by atoms with Gasteiger partial charge in [-0.15, -0.1) is 5.10 Å². The van der Waals surface area contributed by atoms with Gasteiger partial charge in [-0.05, 0) is 41.1 Å². The lowest BCUT2D eigenvalue weighted by atomic mass is 10.2. The molecule has 6 nitrogen and oxygen atoms in total. The molecule has 1 heterocycles. The van der Waals surface area contributed by atoms with Gasteiger partial charge in [0.1, 0.15) is 0 Å². The molecule has 102 valence electrons. The third-order valence-electron chi connectivity index (χ3n) is 2.79. The Kier molecular flexibility index (Phi) is 4.85. The van der Waals surface area contributed by atoms with Crippen molar-refractivity contribution in [3.05, 3.63) is 24.3 Å². The van der Waals surface area contributed by atoms with Crippen LogP contribution >= 0.6 is 0 Å². The van der Waals surface area contributed by atoms with E-state index in [4.69, 9.17) is 10.5 Å². The second kappa shape index (κ2) is 6.84. The van der Waals surface area contributed by atoms with E-state index < -0.39 is 0 Å². The summed E-state index contributed by atoms with van der Waals surface area (Å²) in [7, 11) is 0. The molecule has 0 aliphatic heterocycles. The van der Waals surface area contributed by atoms with Crippen LogP contribution in [0.25, 0.3) is 11.4 Å². The Morgan fingerprint density at radius 3 is 2.74 bits per heavy atom. The Labute approximate surface area is 112 Å². The minimum Gasteiger partial charge on any atom is -0.399 e. The molecule has 0 saturated carbocycles. The Morgan fingerprint density at radius 1 is 1.21 bits per heavy atom. The van der Waals surface area contributed by atoms with Gasteiger partial charge in [-0.3, -0.25) is 0 Å². The maximum absolute atomic E-state index is 5.67. The van der Waals surface area contributed by atoms with Gasteiger partial charge < -0.3 is 10.5 Å². The molecule has 2 N–H and O–H groups in total. The van der Waals surface area contributed by atoms with Crippen LogP contribution in [0.15, 0.2) is 24.3 Å². The van der Waals surface area contributed by atoms with Gasteiger partial charge in [-0.25, -0.2) is 4.68 Å². The molecule has 0 fully saturated rings. The van der Waals surface area contributed by atoms with Crippen LogP contribution < -0.4 is 5.73 Å². The lowest BCUT2D eigenvalue weighted by Crippen LogP contribution is -2.09. The first-order chi connectivity index (χ1) is 9.31. The molecule has 1 aromatic carbocycles. The van der Waals surface area contributed by atoms with Crippen molar-refractivity contribution in [3.63, 3.8) is 0 Å². The first-order valence-corrected chi connectivity index (χ1v) is 6.51. The van der Waals surface area contributed by atoms with Crippen molar-refractivity contribution in [1.82, 2.24) is 20.2 Å². The molecule has 6 heteroatoms. The Balaban J connectivity index is 1.96. The molecule has 0 spiro atoms. The average molecular weight is 261 g/mol. The maximum Gasteiger partial charge on any atom is 0.182 e. The molecular formula is C13H19N5O. The number of ether oxygens (including phenoxy) is 1. The largest absolute Gasteiger partial charge is 0.399 e.